The van der Waals surface area contributed by atoms with E-state index in [4.69, 9.17) is 21.1 Å². The van der Waals surface area contributed by atoms with Gasteiger partial charge in [0, 0.05) is 24.7 Å². The minimum absolute atomic E-state index is 0.0503. The molecule has 1 amide bonds. The number of carbonyl (C=O) groups is 1. The van der Waals surface area contributed by atoms with Gasteiger partial charge in [-0.15, -0.1) is 0 Å². The zero-order chi connectivity index (χ0) is 19.9. The molecule has 1 fully saturated rings. The van der Waals surface area contributed by atoms with Crippen LogP contribution < -0.4 is 10.1 Å². The quantitative estimate of drug-likeness (QED) is 0.766. The Kier molecular flexibility index (Phi) is 7.25. The van der Waals surface area contributed by atoms with Gasteiger partial charge in [0.25, 0.3) is 5.91 Å². The summed E-state index contributed by atoms with van der Waals surface area (Å²) in [5.74, 6) is 0.137. The van der Waals surface area contributed by atoms with E-state index in [-0.39, 0.29) is 24.4 Å². The molecule has 0 aromatic heterocycles. The molecule has 0 spiro atoms. The molecule has 0 radical (unpaired) electrons. The Balaban J connectivity index is 1.59. The summed E-state index contributed by atoms with van der Waals surface area (Å²) in [6.45, 7) is 5.02. The molecular weight excluding hydrogens is 383 g/mol. The number of hydrogen-bond acceptors (Lipinski definition) is 4. The van der Waals surface area contributed by atoms with E-state index < -0.39 is 0 Å². The van der Waals surface area contributed by atoms with Gasteiger partial charge in [0.15, 0.2) is 6.61 Å². The van der Waals surface area contributed by atoms with Crippen molar-refractivity contribution in [1.29, 1.82) is 0 Å². The third kappa shape index (κ3) is 5.67. The molecule has 1 heterocycles. The number of amides is 1. The van der Waals surface area contributed by atoms with Crippen molar-refractivity contribution in [3.05, 3.63) is 64.4 Å². The van der Waals surface area contributed by atoms with Crippen molar-refractivity contribution in [3.8, 4) is 5.75 Å². The molecular formula is C21H24ClFN2O3. The van der Waals surface area contributed by atoms with Gasteiger partial charge in [-0.2, -0.15) is 0 Å². The summed E-state index contributed by atoms with van der Waals surface area (Å²) in [4.78, 5) is 14.5. The second kappa shape index (κ2) is 9.87. The molecule has 1 aliphatic heterocycles. The summed E-state index contributed by atoms with van der Waals surface area (Å²) in [5, 5.41) is 3.55. The number of rotatable bonds is 7. The van der Waals surface area contributed by atoms with E-state index in [1.807, 2.05) is 6.92 Å². The standard InChI is InChI=1S/C21H24ClFN2O3/c1-15-12-17(22)4-7-20(15)28-14-21(26)24-13-19(25-8-10-27-11-9-25)16-2-5-18(23)6-3-16/h2-7,12,19H,8-11,13-14H2,1H3,(H,24,26). The summed E-state index contributed by atoms with van der Waals surface area (Å²) in [7, 11) is 0. The SMILES string of the molecule is Cc1cc(Cl)ccc1OCC(=O)NCC(c1ccc(F)cc1)N1CCOCC1. The predicted molar refractivity (Wildman–Crippen MR) is 106 cm³/mol. The van der Waals surface area contributed by atoms with E-state index in [1.165, 1.54) is 12.1 Å². The van der Waals surface area contributed by atoms with Gasteiger partial charge in [-0.1, -0.05) is 23.7 Å². The molecule has 150 valence electrons. The molecule has 5 nitrogen and oxygen atoms in total. The summed E-state index contributed by atoms with van der Waals surface area (Å²) >= 11 is 5.93. The molecule has 2 aromatic carbocycles. The average Bonchev–Trinajstić information content (AvgIpc) is 2.69. The molecule has 0 aliphatic carbocycles. The third-order valence-electron chi connectivity index (χ3n) is 4.73. The Morgan fingerprint density at radius 3 is 2.64 bits per heavy atom. The fourth-order valence-corrected chi connectivity index (χ4v) is 3.44. The summed E-state index contributed by atoms with van der Waals surface area (Å²) in [6, 6.07) is 11.6. The van der Waals surface area contributed by atoms with Crippen LogP contribution in [0.3, 0.4) is 0 Å². The van der Waals surface area contributed by atoms with Crippen LogP contribution in [-0.4, -0.2) is 50.3 Å². The van der Waals surface area contributed by atoms with Crippen LogP contribution in [0.4, 0.5) is 4.39 Å². The van der Waals surface area contributed by atoms with Gasteiger partial charge in [-0.05, 0) is 48.4 Å². The fraction of sp³-hybridized carbons (Fsp3) is 0.381. The smallest absolute Gasteiger partial charge is 0.258 e. The summed E-state index contributed by atoms with van der Waals surface area (Å²) in [6.07, 6.45) is 0. The maximum absolute atomic E-state index is 13.3. The van der Waals surface area contributed by atoms with E-state index in [1.54, 1.807) is 30.3 Å². The molecule has 2 aromatic rings. The number of halogens is 2. The molecule has 1 atom stereocenters. The Morgan fingerprint density at radius 2 is 1.96 bits per heavy atom. The second-order valence-corrected chi connectivity index (χ2v) is 7.15. The van der Waals surface area contributed by atoms with E-state index in [0.29, 0.717) is 30.5 Å². The lowest BCUT2D eigenvalue weighted by Crippen LogP contribution is -2.44. The van der Waals surface area contributed by atoms with Crippen LogP contribution >= 0.6 is 11.6 Å². The van der Waals surface area contributed by atoms with Crippen LogP contribution in [0.1, 0.15) is 17.2 Å². The van der Waals surface area contributed by atoms with Crippen LogP contribution in [0.2, 0.25) is 5.02 Å². The number of morpholine rings is 1. The monoisotopic (exact) mass is 406 g/mol. The number of carbonyl (C=O) groups excluding carboxylic acids is 1. The fourth-order valence-electron chi connectivity index (χ4n) is 3.21. The number of nitrogens with one attached hydrogen (secondary N) is 1. The van der Waals surface area contributed by atoms with Crippen molar-refractivity contribution in [3.63, 3.8) is 0 Å². The van der Waals surface area contributed by atoms with Crippen LogP contribution in [0.25, 0.3) is 0 Å². The van der Waals surface area contributed by atoms with Crippen molar-refractivity contribution in [2.75, 3.05) is 39.5 Å². The molecule has 1 unspecified atom stereocenters. The topological polar surface area (TPSA) is 50.8 Å². The van der Waals surface area contributed by atoms with Crippen LogP contribution in [0.15, 0.2) is 42.5 Å². The summed E-state index contributed by atoms with van der Waals surface area (Å²) < 4.78 is 24.3. The van der Waals surface area contributed by atoms with Gasteiger partial charge < -0.3 is 14.8 Å². The summed E-state index contributed by atoms with van der Waals surface area (Å²) in [5.41, 5.74) is 1.83. The van der Waals surface area contributed by atoms with E-state index >= 15 is 0 Å². The van der Waals surface area contributed by atoms with Crippen molar-refractivity contribution in [1.82, 2.24) is 10.2 Å². The third-order valence-corrected chi connectivity index (χ3v) is 4.96. The number of hydrogen-bond donors (Lipinski definition) is 1. The van der Waals surface area contributed by atoms with Crippen LogP contribution in [-0.2, 0) is 9.53 Å². The van der Waals surface area contributed by atoms with Crippen LogP contribution in [0, 0.1) is 12.7 Å². The Labute approximate surface area is 169 Å². The van der Waals surface area contributed by atoms with Crippen molar-refractivity contribution in [2.45, 2.75) is 13.0 Å². The minimum Gasteiger partial charge on any atom is -0.484 e. The lowest BCUT2D eigenvalue weighted by atomic mass is 10.0. The highest BCUT2D eigenvalue weighted by atomic mass is 35.5. The molecule has 3 rings (SSSR count). The predicted octanol–water partition coefficient (Wildman–Crippen LogP) is 3.36. The number of nitrogens with zero attached hydrogens (tertiary/aromatic N) is 1. The Bertz CT molecular complexity index is 795. The molecule has 1 N–H and O–H groups in total. The first-order chi connectivity index (χ1) is 13.5. The van der Waals surface area contributed by atoms with E-state index in [9.17, 15) is 9.18 Å². The van der Waals surface area contributed by atoms with Gasteiger partial charge in [0.1, 0.15) is 11.6 Å². The van der Waals surface area contributed by atoms with Crippen molar-refractivity contribution >= 4 is 17.5 Å². The average molecular weight is 407 g/mol. The first-order valence-electron chi connectivity index (χ1n) is 9.26. The largest absolute Gasteiger partial charge is 0.484 e. The first kappa shape index (κ1) is 20.6. The van der Waals surface area contributed by atoms with Crippen molar-refractivity contribution in [2.24, 2.45) is 0 Å². The number of benzene rings is 2. The maximum atomic E-state index is 13.3. The Morgan fingerprint density at radius 1 is 1.25 bits per heavy atom. The van der Waals surface area contributed by atoms with E-state index in [0.717, 1.165) is 24.2 Å². The number of aryl methyl sites for hydroxylation is 1. The number of ether oxygens (including phenoxy) is 2. The normalized spacial score (nSPS) is 15.8. The zero-order valence-corrected chi connectivity index (χ0v) is 16.5. The molecule has 7 heteroatoms. The first-order valence-corrected chi connectivity index (χ1v) is 9.63. The second-order valence-electron chi connectivity index (χ2n) is 6.72. The molecule has 1 aliphatic rings. The highest BCUT2D eigenvalue weighted by Crippen LogP contribution is 2.23. The van der Waals surface area contributed by atoms with Gasteiger partial charge >= 0.3 is 0 Å². The molecule has 0 bridgehead atoms. The molecule has 1 saturated heterocycles. The molecule has 28 heavy (non-hydrogen) atoms. The van der Waals surface area contributed by atoms with Gasteiger partial charge in [0.05, 0.1) is 19.3 Å². The highest BCUT2D eigenvalue weighted by Gasteiger charge is 2.23. The highest BCUT2D eigenvalue weighted by molar-refractivity contribution is 6.30. The lowest BCUT2D eigenvalue weighted by molar-refractivity contribution is -0.123. The minimum atomic E-state index is -0.278. The van der Waals surface area contributed by atoms with Gasteiger partial charge in [0.2, 0.25) is 0 Å². The zero-order valence-electron chi connectivity index (χ0n) is 15.8. The van der Waals surface area contributed by atoms with Gasteiger partial charge in [-0.3, -0.25) is 9.69 Å². The van der Waals surface area contributed by atoms with E-state index in [2.05, 4.69) is 10.2 Å². The molecule has 0 saturated carbocycles. The maximum Gasteiger partial charge on any atom is 0.258 e. The van der Waals surface area contributed by atoms with Gasteiger partial charge in [-0.25, -0.2) is 4.39 Å². The lowest BCUT2D eigenvalue weighted by Gasteiger charge is -2.35. The van der Waals surface area contributed by atoms with Crippen LogP contribution in [0.5, 0.6) is 5.75 Å². The Hall–Kier alpha value is -2.15. The van der Waals surface area contributed by atoms with Crippen molar-refractivity contribution < 1.29 is 18.7 Å².